The molecule has 1 amide bonds. The molecule has 3 aromatic rings. The van der Waals surface area contributed by atoms with Crippen LogP contribution in [0.2, 0.25) is 15.1 Å². The Hall–Kier alpha value is -1.95. The highest BCUT2D eigenvalue weighted by atomic mass is 35.5. The van der Waals surface area contributed by atoms with Crippen molar-refractivity contribution in [3.05, 3.63) is 57.4 Å². The van der Waals surface area contributed by atoms with Gasteiger partial charge in [-0.2, -0.15) is 0 Å². The van der Waals surface area contributed by atoms with Crippen LogP contribution in [-0.2, 0) is 0 Å². The summed E-state index contributed by atoms with van der Waals surface area (Å²) in [5, 5.41) is 2.55. The minimum absolute atomic E-state index is 0.00476. The molecular formula is C18H15Cl3N4O. The first kappa shape index (κ1) is 17.5. The van der Waals surface area contributed by atoms with E-state index in [4.69, 9.17) is 34.8 Å². The number of nitrogens with zero attached hydrogens (tertiary/aromatic N) is 3. The van der Waals surface area contributed by atoms with Crippen LogP contribution in [0.5, 0.6) is 0 Å². The zero-order valence-electron chi connectivity index (χ0n) is 13.7. The van der Waals surface area contributed by atoms with Crippen molar-refractivity contribution in [2.24, 2.45) is 0 Å². The van der Waals surface area contributed by atoms with E-state index in [1.54, 1.807) is 24.7 Å². The number of halogens is 3. The smallest absolute Gasteiger partial charge is 0.256 e. The number of amides is 1. The molecule has 8 heteroatoms. The third kappa shape index (κ3) is 3.11. The third-order valence-corrected chi connectivity index (χ3v) is 5.37. The molecule has 4 rings (SSSR count). The van der Waals surface area contributed by atoms with Crippen LogP contribution >= 0.6 is 34.8 Å². The molecule has 0 unspecified atom stereocenters. The Morgan fingerprint density at radius 1 is 1.04 bits per heavy atom. The lowest BCUT2D eigenvalue weighted by Crippen LogP contribution is -2.49. The topological polar surface area (TPSA) is 52.2 Å². The van der Waals surface area contributed by atoms with Crippen molar-refractivity contribution in [2.45, 2.75) is 0 Å². The molecule has 134 valence electrons. The largest absolute Gasteiger partial charge is 0.365 e. The summed E-state index contributed by atoms with van der Waals surface area (Å²) in [5.41, 5.74) is 2.29. The second-order valence-corrected chi connectivity index (χ2v) is 7.37. The number of carbonyl (C=O) groups excluding carboxylic acids is 1. The monoisotopic (exact) mass is 408 g/mol. The van der Waals surface area contributed by atoms with Gasteiger partial charge in [0.15, 0.2) is 0 Å². The number of rotatable bonds is 2. The molecule has 5 nitrogen and oxygen atoms in total. The van der Waals surface area contributed by atoms with Crippen molar-refractivity contribution < 1.29 is 4.79 Å². The predicted molar refractivity (Wildman–Crippen MR) is 106 cm³/mol. The van der Waals surface area contributed by atoms with Crippen LogP contribution in [0.4, 0.5) is 5.69 Å². The normalized spacial score (nSPS) is 14.9. The van der Waals surface area contributed by atoms with Crippen LogP contribution in [0.1, 0.15) is 10.4 Å². The number of nitrogens with one attached hydrogen (secondary N) is 1. The van der Waals surface area contributed by atoms with Crippen molar-refractivity contribution in [1.29, 1.82) is 0 Å². The number of pyridine rings is 1. The minimum atomic E-state index is 0.00476. The molecule has 2 aromatic heterocycles. The van der Waals surface area contributed by atoms with Gasteiger partial charge in [0.2, 0.25) is 0 Å². The summed E-state index contributed by atoms with van der Waals surface area (Å²) >= 11 is 18.5. The number of piperazine rings is 1. The highest BCUT2D eigenvalue weighted by Crippen LogP contribution is 2.33. The van der Waals surface area contributed by atoms with E-state index in [0.29, 0.717) is 46.8 Å². The van der Waals surface area contributed by atoms with Crippen molar-refractivity contribution in [1.82, 2.24) is 14.9 Å². The fourth-order valence-electron chi connectivity index (χ4n) is 3.29. The number of aromatic nitrogens is 2. The van der Waals surface area contributed by atoms with Crippen molar-refractivity contribution in [3.8, 4) is 0 Å². The van der Waals surface area contributed by atoms with Crippen LogP contribution in [0.25, 0.3) is 10.9 Å². The summed E-state index contributed by atoms with van der Waals surface area (Å²) in [7, 11) is 0. The van der Waals surface area contributed by atoms with E-state index < -0.39 is 0 Å². The van der Waals surface area contributed by atoms with Gasteiger partial charge in [-0.15, -0.1) is 0 Å². The maximum atomic E-state index is 12.9. The summed E-state index contributed by atoms with van der Waals surface area (Å²) in [4.78, 5) is 24.0. The molecule has 1 aromatic carbocycles. The maximum absolute atomic E-state index is 12.9. The zero-order valence-corrected chi connectivity index (χ0v) is 15.9. The maximum Gasteiger partial charge on any atom is 0.256 e. The number of anilines is 1. The average molecular weight is 410 g/mol. The Morgan fingerprint density at radius 3 is 2.42 bits per heavy atom. The number of fused-ring (bicyclic) bond motifs is 1. The molecule has 0 bridgehead atoms. The molecule has 1 N–H and O–H groups in total. The minimum Gasteiger partial charge on any atom is -0.365 e. The number of hydrogen-bond donors (Lipinski definition) is 1. The van der Waals surface area contributed by atoms with Gasteiger partial charge in [0.25, 0.3) is 5.91 Å². The summed E-state index contributed by atoms with van der Waals surface area (Å²) in [6.07, 6.45) is 4.90. The first-order valence-electron chi connectivity index (χ1n) is 8.14. The molecular weight excluding hydrogens is 395 g/mol. The van der Waals surface area contributed by atoms with Gasteiger partial charge >= 0.3 is 0 Å². The molecule has 1 aliphatic rings. The zero-order chi connectivity index (χ0) is 18.3. The number of hydrogen-bond acceptors (Lipinski definition) is 3. The van der Waals surface area contributed by atoms with Crippen molar-refractivity contribution in [3.63, 3.8) is 0 Å². The fraction of sp³-hybridized carbons (Fsp3) is 0.222. The number of H-pyrrole nitrogens is 1. The van der Waals surface area contributed by atoms with Gasteiger partial charge in [-0.25, -0.2) is 0 Å². The molecule has 0 atom stereocenters. The number of benzene rings is 1. The summed E-state index contributed by atoms with van der Waals surface area (Å²) in [5.74, 6) is 0.00476. The lowest BCUT2D eigenvalue weighted by molar-refractivity contribution is 0.0749. The van der Waals surface area contributed by atoms with Gasteiger partial charge in [-0.05, 0) is 12.1 Å². The second kappa shape index (κ2) is 6.99. The van der Waals surface area contributed by atoms with Crippen LogP contribution in [0.3, 0.4) is 0 Å². The second-order valence-electron chi connectivity index (χ2n) is 6.12. The molecule has 3 heterocycles. The van der Waals surface area contributed by atoms with E-state index in [-0.39, 0.29) is 5.91 Å². The molecule has 0 spiro atoms. The number of carbonyl (C=O) groups is 1. The molecule has 1 fully saturated rings. The predicted octanol–water partition coefficient (Wildman–Crippen LogP) is 4.49. The van der Waals surface area contributed by atoms with Crippen LogP contribution in [0, 0.1) is 0 Å². The van der Waals surface area contributed by atoms with E-state index in [1.807, 2.05) is 17.0 Å². The summed E-state index contributed by atoms with van der Waals surface area (Å²) < 4.78 is 0. The lowest BCUT2D eigenvalue weighted by atomic mass is 10.1. The Morgan fingerprint density at radius 2 is 1.73 bits per heavy atom. The first-order chi connectivity index (χ1) is 12.5. The summed E-state index contributed by atoms with van der Waals surface area (Å²) in [6, 6.07) is 5.48. The Balaban J connectivity index is 1.51. The Labute approximate surface area is 165 Å². The molecule has 0 saturated carbocycles. The van der Waals surface area contributed by atoms with Gasteiger partial charge in [0, 0.05) is 60.7 Å². The van der Waals surface area contributed by atoms with E-state index in [1.165, 1.54) is 0 Å². The highest BCUT2D eigenvalue weighted by molar-refractivity contribution is 6.38. The lowest BCUT2D eigenvalue weighted by Gasteiger charge is -2.36. The molecule has 1 aliphatic heterocycles. The average Bonchev–Trinajstić information content (AvgIpc) is 3.04. The number of aromatic amines is 1. The fourth-order valence-corrected chi connectivity index (χ4v) is 4.06. The van der Waals surface area contributed by atoms with E-state index >= 15 is 0 Å². The van der Waals surface area contributed by atoms with E-state index in [2.05, 4.69) is 14.9 Å². The molecule has 1 saturated heterocycles. The summed E-state index contributed by atoms with van der Waals surface area (Å²) in [6.45, 7) is 2.49. The third-order valence-electron chi connectivity index (χ3n) is 4.59. The van der Waals surface area contributed by atoms with Gasteiger partial charge in [-0.1, -0.05) is 40.9 Å². The van der Waals surface area contributed by atoms with Crippen molar-refractivity contribution >= 4 is 57.3 Å². The van der Waals surface area contributed by atoms with Crippen LogP contribution in [-0.4, -0.2) is 47.0 Å². The SMILES string of the molecule is O=C(c1c[nH]c2cc(Cl)ccc12)N1CCN(c2c(Cl)cncc2Cl)CC1. The Kier molecular flexibility index (Phi) is 4.69. The van der Waals surface area contributed by atoms with Crippen LogP contribution < -0.4 is 4.90 Å². The van der Waals surface area contributed by atoms with E-state index in [0.717, 1.165) is 16.6 Å². The molecule has 26 heavy (non-hydrogen) atoms. The van der Waals surface area contributed by atoms with E-state index in [9.17, 15) is 4.79 Å². The first-order valence-corrected chi connectivity index (χ1v) is 9.28. The quantitative estimate of drug-likeness (QED) is 0.678. The van der Waals surface area contributed by atoms with Gasteiger partial charge in [-0.3, -0.25) is 9.78 Å². The van der Waals surface area contributed by atoms with Crippen molar-refractivity contribution in [2.75, 3.05) is 31.1 Å². The molecule has 0 radical (unpaired) electrons. The highest BCUT2D eigenvalue weighted by Gasteiger charge is 2.26. The standard InChI is InChI=1S/C18H15Cl3N4O/c19-11-1-2-12-13(8-23-16(12)7-11)18(26)25-5-3-24(4-6-25)17-14(20)9-22-10-15(17)21/h1-2,7-10,23H,3-6H2. The molecule has 0 aliphatic carbocycles. The van der Waals surface area contributed by atoms with Gasteiger partial charge in [0.05, 0.1) is 21.3 Å². The van der Waals surface area contributed by atoms with Gasteiger partial charge in [0.1, 0.15) is 0 Å². The van der Waals surface area contributed by atoms with Crippen LogP contribution in [0.15, 0.2) is 36.8 Å². The van der Waals surface area contributed by atoms with Gasteiger partial charge < -0.3 is 14.8 Å². The Bertz CT molecular complexity index is 959.